The molecule has 1 N–H and O–H groups in total. The lowest BCUT2D eigenvalue weighted by atomic mass is 10.5. The zero-order chi connectivity index (χ0) is 10.6. The van der Waals surface area contributed by atoms with E-state index in [1.807, 2.05) is 0 Å². The third kappa shape index (κ3) is 2.25. The summed E-state index contributed by atoms with van der Waals surface area (Å²) in [4.78, 5) is 36.7. The van der Waals surface area contributed by atoms with Crippen LogP contribution in [0.25, 0.3) is 0 Å². The Morgan fingerprint density at radius 1 is 1.43 bits per heavy atom. The number of hydrogen-bond acceptors (Lipinski definition) is 3. The molecule has 0 aromatic rings. The smallest absolute Gasteiger partial charge is 0.334 e. The molecule has 4 amide bonds. The van der Waals surface area contributed by atoms with E-state index in [-0.39, 0.29) is 24.9 Å². The van der Waals surface area contributed by atoms with Crippen molar-refractivity contribution in [3.05, 3.63) is 12.2 Å². The molecule has 14 heavy (non-hydrogen) atoms. The van der Waals surface area contributed by atoms with Crippen LogP contribution in [0.15, 0.2) is 17.1 Å². The third-order valence-corrected chi connectivity index (χ3v) is 1.66. The Bertz CT molecular complexity index is 304. The van der Waals surface area contributed by atoms with E-state index >= 15 is 0 Å². The number of hydrogen-bond donors (Lipinski definition) is 1. The van der Waals surface area contributed by atoms with Crippen LogP contribution in [0.5, 0.6) is 0 Å². The summed E-state index contributed by atoms with van der Waals surface area (Å²) in [6, 6.07) is -0.572. The van der Waals surface area contributed by atoms with Crippen LogP contribution in [0.1, 0.15) is 0 Å². The predicted octanol–water partition coefficient (Wildman–Crippen LogP) is -0.678. The van der Waals surface area contributed by atoms with Gasteiger partial charge in [-0.3, -0.25) is 14.5 Å². The number of urea groups is 1. The van der Waals surface area contributed by atoms with Gasteiger partial charge in [-0.15, -0.1) is 0 Å². The lowest BCUT2D eigenvalue weighted by molar-refractivity contribution is -0.136. The van der Waals surface area contributed by atoms with Crippen LogP contribution in [-0.2, 0) is 9.59 Å². The highest BCUT2D eigenvalue weighted by Gasteiger charge is 2.22. The Morgan fingerprint density at radius 2 is 2.00 bits per heavy atom. The Hall–Kier alpha value is -1.98. The fraction of sp³-hybridized carbons (Fsp3) is 0.250. The lowest BCUT2D eigenvalue weighted by Gasteiger charge is -2.12. The van der Waals surface area contributed by atoms with Gasteiger partial charge in [0, 0.05) is 25.2 Å². The molecule has 0 fully saturated rings. The number of carbonyl (C=O) groups is 3. The maximum Gasteiger partial charge on any atom is 0.340 e. The van der Waals surface area contributed by atoms with Gasteiger partial charge in [0.05, 0.1) is 0 Å². The molecule has 6 nitrogen and oxygen atoms in total. The van der Waals surface area contributed by atoms with Crippen LogP contribution in [0, 0.1) is 0 Å². The van der Waals surface area contributed by atoms with Crippen molar-refractivity contribution in [2.45, 2.75) is 0 Å². The third-order valence-electron chi connectivity index (χ3n) is 1.66. The average Bonchev–Trinajstić information content (AvgIpc) is 2.48. The predicted molar refractivity (Wildman–Crippen MR) is 48.8 cm³/mol. The van der Waals surface area contributed by atoms with Crippen LogP contribution in [-0.4, -0.2) is 42.6 Å². The number of aliphatic imine (C=N–C) groups is 1. The van der Waals surface area contributed by atoms with Crippen molar-refractivity contribution in [3.8, 4) is 0 Å². The number of imide groups is 1. The molecule has 0 saturated heterocycles. The number of amides is 4. The molecule has 0 saturated carbocycles. The van der Waals surface area contributed by atoms with Gasteiger partial charge in [0.2, 0.25) is 0 Å². The molecule has 0 bridgehead atoms. The van der Waals surface area contributed by atoms with Crippen LogP contribution >= 0.6 is 0 Å². The van der Waals surface area contributed by atoms with E-state index in [1.165, 1.54) is 12.2 Å². The molecular weight excluding hydrogens is 186 g/mol. The highest BCUT2D eigenvalue weighted by atomic mass is 16.2. The van der Waals surface area contributed by atoms with Crippen molar-refractivity contribution in [2.24, 2.45) is 4.99 Å². The normalized spacial score (nSPS) is 14.7. The standard InChI is InChI=1S/C8H9N3O3/c1-9-8(14)10-4-5-11-6(12)2-3-7(11)13/h2-3H,1,4-5H2,(H,10,14). The van der Waals surface area contributed by atoms with Crippen molar-refractivity contribution >= 4 is 24.6 Å². The van der Waals surface area contributed by atoms with Gasteiger partial charge in [0.1, 0.15) is 0 Å². The van der Waals surface area contributed by atoms with Crippen LogP contribution in [0.4, 0.5) is 4.79 Å². The summed E-state index contributed by atoms with van der Waals surface area (Å²) < 4.78 is 0. The van der Waals surface area contributed by atoms with Gasteiger partial charge in [-0.1, -0.05) is 0 Å². The SMILES string of the molecule is C=NC(=O)NCCN1C(=O)C=CC1=O. The van der Waals surface area contributed by atoms with Gasteiger partial charge in [0.25, 0.3) is 11.8 Å². The molecule has 0 spiro atoms. The van der Waals surface area contributed by atoms with Gasteiger partial charge in [0.15, 0.2) is 0 Å². The van der Waals surface area contributed by atoms with E-state index < -0.39 is 6.03 Å². The van der Waals surface area contributed by atoms with Gasteiger partial charge < -0.3 is 5.32 Å². The minimum atomic E-state index is -0.572. The van der Waals surface area contributed by atoms with Crippen molar-refractivity contribution < 1.29 is 14.4 Å². The molecule has 1 aliphatic heterocycles. The highest BCUT2D eigenvalue weighted by molar-refractivity contribution is 6.12. The summed E-state index contributed by atoms with van der Waals surface area (Å²) in [5.74, 6) is -0.730. The Morgan fingerprint density at radius 3 is 2.50 bits per heavy atom. The fourth-order valence-corrected chi connectivity index (χ4v) is 0.982. The van der Waals surface area contributed by atoms with E-state index in [2.05, 4.69) is 17.0 Å². The summed E-state index contributed by atoms with van der Waals surface area (Å²) in [6.07, 6.45) is 2.38. The highest BCUT2D eigenvalue weighted by Crippen LogP contribution is 2.01. The molecule has 0 aromatic heterocycles. The van der Waals surface area contributed by atoms with E-state index in [1.54, 1.807) is 0 Å². The zero-order valence-electron chi connectivity index (χ0n) is 7.40. The first-order valence-corrected chi connectivity index (χ1v) is 3.93. The first-order valence-electron chi connectivity index (χ1n) is 3.93. The molecule has 1 aliphatic rings. The molecule has 6 heteroatoms. The average molecular weight is 195 g/mol. The second-order valence-corrected chi connectivity index (χ2v) is 2.55. The maximum absolute atomic E-state index is 11.0. The molecule has 0 radical (unpaired) electrons. The second-order valence-electron chi connectivity index (χ2n) is 2.55. The number of nitrogens with zero attached hydrogens (tertiary/aromatic N) is 2. The Balaban J connectivity index is 2.32. The minimum absolute atomic E-state index is 0.145. The van der Waals surface area contributed by atoms with Gasteiger partial charge in [-0.2, -0.15) is 0 Å². The van der Waals surface area contributed by atoms with Gasteiger partial charge in [-0.25, -0.2) is 9.79 Å². The maximum atomic E-state index is 11.0. The van der Waals surface area contributed by atoms with Crippen molar-refractivity contribution in [3.63, 3.8) is 0 Å². The summed E-state index contributed by atoms with van der Waals surface area (Å²) >= 11 is 0. The fourth-order valence-electron chi connectivity index (χ4n) is 0.982. The molecule has 0 unspecified atom stereocenters. The molecule has 74 valence electrons. The largest absolute Gasteiger partial charge is 0.340 e. The minimum Gasteiger partial charge on any atom is -0.334 e. The Labute approximate surface area is 80.3 Å². The second kappa shape index (κ2) is 4.31. The Kier molecular flexibility index (Phi) is 3.11. The van der Waals surface area contributed by atoms with Crippen molar-refractivity contribution in [2.75, 3.05) is 13.1 Å². The summed E-state index contributed by atoms with van der Waals surface area (Å²) in [7, 11) is 0. The van der Waals surface area contributed by atoms with Gasteiger partial charge in [-0.05, 0) is 6.72 Å². The number of rotatable bonds is 3. The van der Waals surface area contributed by atoms with Crippen molar-refractivity contribution in [1.29, 1.82) is 0 Å². The summed E-state index contributed by atoms with van der Waals surface area (Å²) in [6.45, 7) is 3.34. The molecule has 0 aliphatic carbocycles. The molecule has 0 atom stereocenters. The van der Waals surface area contributed by atoms with E-state index in [0.29, 0.717) is 0 Å². The van der Waals surface area contributed by atoms with Crippen molar-refractivity contribution in [1.82, 2.24) is 10.2 Å². The topological polar surface area (TPSA) is 78.8 Å². The van der Waals surface area contributed by atoms with Crippen LogP contribution in [0.2, 0.25) is 0 Å². The molecular formula is C8H9N3O3. The number of carbonyl (C=O) groups excluding carboxylic acids is 3. The van der Waals surface area contributed by atoms with Crippen LogP contribution in [0.3, 0.4) is 0 Å². The zero-order valence-corrected chi connectivity index (χ0v) is 7.40. The monoisotopic (exact) mass is 195 g/mol. The van der Waals surface area contributed by atoms with Crippen LogP contribution < -0.4 is 5.32 Å². The van der Waals surface area contributed by atoms with E-state index in [4.69, 9.17) is 0 Å². The van der Waals surface area contributed by atoms with E-state index in [9.17, 15) is 14.4 Å². The molecule has 1 heterocycles. The molecule has 1 rings (SSSR count). The first-order chi connectivity index (χ1) is 6.65. The summed E-state index contributed by atoms with van der Waals surface area (Å²) in [5, 5.41) is 2.36. The summed E-state index contributed by atoms with van der Waals surface area (Å²) in [5.41, 5.74) is 0. The molecule has 0 aromatic carbocycles. The number of nitrogens with one attached hydrogen (secondary N) is 1. The quantitative estimate of drug-likeness (QED) is 0.478. The van der Waals surface area contributed by atoms with E-state index in [0.717, 1.165) is 4.90 Å². The van der Waals surface area contributed by atoms with Gasteiger partial charge >= 0.3 is 6.03 Å². The lowest BCUT2D eigenvalue weighted by Crippen LogP contribution is -2.37. The first kappa shape index (κ1) is 10.1.